The van der Waals surface area contributed by atoms with E-state index >= 15 is 0 Å². The summed E-state index contributed by atoms with van der Waals surface area (Å²) >= 11 is 0. The maximum Gasteiger partial charge on any atom is 0.0196 e. The second kappa shape index (κ2) is 6.38. The summed E-state index contributed by atoms with van der Waals surface area (Å²) in [5.41, 5.74) is 0. The minimum absolute atomic E-state index is 0.648. The summed E-state index contributed by atoms with van der Waals surface area (Å²) in [4.78, 5) is 2.26. The molecular formula is C11H25N3. The van der Waals surface area contributed by atoms with Crippen LogP contribution in [-0.4, -0.2) is 50.7 Å². The van der Waals surface area contributed by atoms with Crippen LogP contribution in [0.2, 0.25) is 0 Å². The van der Waals surface area contributed by atoms with Gasteiger partial charge in [0.05, 0.1) is 0 Å². The molecule has 14 heavy (non-hydrogen) atoms. The van der Waals surface area contributed by atoms with E-state index in [-0.39, 0.29) is 0 Å². The zero-order chi connectivity index (χ0) is 10.4. The molecule has 0 radical (unpaired) electrons. The average molecular weight is 199 g/mol. The van der Waals surface area contributed by atoms with Crippen LogP contribution in [-0.2, 0) is 0 Å². The summed E-state index contributed by atoms with van der Waals surface area (Å²) in [7, 11) is 4.28. The van der Waals surface area contributed by atoms with Crippen molar-refractivity contribution in [2.24, 2.45) is 0 Å². The molecule has 2 unspecified atom stereocenters. The van der Waals surface area contributed by atoms with Crippen LogP contribution >= 0.6 is 0 Å². The maximum absolute atomic E-state index is 3.73. The molecule has 0 saturated carbocycles. The highest BCUT2D eigenvalue weighted by molar-refractivity contribution is 4.79. The van der Waals surface area contributed by atoms with Crippen LogP contribution in [0.15, 0.2) is 0 Å². The van der Waals surface area contributed by atoms with Gasteiger partial charge in [-0.2, -0.15) is 0 Å². The van der Waals surface area contributed by atoms with Gasteiger partial charge in [0.2, 0.25) is 0 Å². The van der Waals surface area contributed by atoms with Crippen molar-refractivity contribution in [1.29, 1.82) is 0 Å². The first-order valence-corrected chi connectivity index (χ1v) is 5.84. The van der Waals surface area contributed by atoms with Crippen molar-refractivity contribution in [3.05, 3.63) is 0 Å². The third-order valence-corrected chi connectivity index (χ3v) is 2.85. The topological polar surface area (TPSA) is 27.3 Å². The second-order valence-electron chi connectivity index (χ2n) is 4.58. The fourth-order valence-corrected chi connectivity index (χ4v) is 2.07. The van der Waals surface area contributed by atoms with Crippen LogP contribution in [0.25, 0.3) is 0 Å². The van der Waals surface area contributed by atoms with Gasteiger partial charge in [-0.3, -0.25) is 0 Å². The Labute approximate surface area is 88.2 Å². The second-order valence-corrected chi connectivity index (χ2v) is 4.58. The molecule has 1 heterocycles. The van der Waals surface area contributed by atoms with Gasteiger partial charge in [-0.05, 0) is 39.9 Å². The Hall–Kier alpha value is -0.120. The first-order valence-electron chi connectivity index (χ1n) is 5.84. The van der Waals surface area contributed by atoms with Crippen molar-refractivity contribution >= 4 is 0 Å². The van der Waals surface area contributed by atoms with E-state index in [2.05, 4.69) is 36.6 Å². The number of nitrogens with one attached hydrogen (secondary N) is 2. The molecule has 0 aliphatic carbocycles. The van der Waals surface area contributed by atoms with Crippen LogP contribution in [0.5, 0.6) is 0 Å². The summed E-state index contributed by atoms with van der Waals surface area (Å²) in [6.45, 7) is 5.75. The third kappa shape index (κ3) is 4.40. The van der Waals surface area contributed by atoms with E-state index in [9.17, 15) is 0 Å². The largest absolute Gasteiger partial charge is 0.315 e. The molecule has 0 aromatic heterocycles. The van der Waals surface area contributed by atoms with Crippen molar-refractivity contribution in [3.8, 4) is 0 Å². The molecular weight excluding hydrogens is 174 g/mol. The fourth-order valence-electron chi connectivity index (χ4n) is 2.07. The van der Waals surface area contributed by atoms with Gasteiger partial charge in [0.1, 0.15) is 0 Å². The normalized spacial score (nSPS) is 25.3. The summed E-state index contributed by atoms with van der Waals surface area (Å²) < 4.78 is 0. The van der Waals surface area contributed by atoms with Crippen LogP contribution in [0.1, 0.15) is 26.2 Å². The van der Waals surface area contributed by atoms with Crippen LogP contribution in [0.3, 0.4) is 0 Å². The van der Waals surface area contributed by atoms with Gasteiger partial charge in [-0.25, -0.2) is 0 Å². The van der Waals surface area contributed by atoms with Crippen molar-refractivity contribution in [2.45, 2.75) is 38.3 Å². The summed E-state index contributed by atoms with van der Waals surface area (Å²) in [5.74, 6) is 0. The smallest absolute Gasteiger partial charge is 0.0196 e. The number of nitrogens with zero attached hydrogens (tertiary/aromatic N) is 1. The predicted molar refractivity (Wildman–Crippen MR) is 61.7 cm³/mol. The Morgan fingerprint density at radius 3 is 2.79 bits per heavy atom. The number of rotatable bonds is 5. The molecule has 84 valence electrons. The van der Waals surface area contributed by atoms with E-state index in [1.807, 2.05) is 0 Å². The van der Waals surface area contributed by atoms with Gasteiger partial charge < -0.3 is 15.5 Å². The summed E-state index contributed by atoms with van der Waals surface area (Å²) in [6.07, 6.45) is 3.86. The number of hydrogen-bond acceptors (Lipinski definition) is 3. The van der Waals surface area contributed by atoms with Crippen molar-refractivity contribution in [3.63, 3.8) is 0 Å². The Kier molecular flexibility index (Phi) is 5.45. The van der Waals surface area contributed by atoms with Gasteiger partial charge in [0.15, 0.2) is 0 Å². The lowest BCUT2D eigenvalue weighted by atomic mass is 10.1. The van der Waals surface area contributed by atoms with E-state index in [4.69, 9.17) is 0 Å². The van der Waals surface area contributed by atoms with Gasteiger partial charge in [-0.1, -0.05) is 6.92 Å². The molecule has 2 atom stereocenters. The van der Waals surface area contributed by atoms with Gasteiger partial charge in [0, 0.05) is 25.2 Å². The first kappa shape index (κ1) is 12.0. The molecule has 1 aliphatic heterocycles. The molecule has 0 spiro atoms. The van der Waals surface area contributed by atoms with E-state index in [0.717, 1.165) is 13.1 Å². The molecule has 3 heteroatoms. The Bertz CT molecular complexity index is 141. The standard InChI is InChI=1S/C11H25N3/c1-4-10(9-14(2)3)13-11-6-5-7-12-8-11/h10-13H,4-9H2,1-3H3. The fraction of sp³-hybridized carbons (Fsp3) is 1.00. The van der Waals surface area contributed by atoms with Crippen molar-refractivity contribution in [2.75, 3.05) is 33.7 Å². The van der Waals surface area contributed by atoms with Crippen molar-refractivity contribution < 1.29 is 0 Å². The highest BCUT2D eigenvalue weighted by Crippen LogP contribution is 2.04. The molecule has 0 bridgehead atoms. The molecule has 1 rings (SSSR count). The highest BCUT2D eigenvalue weighted by Gasteiger charge is 2.16. The SMILES string of the molecule is CCC(CN(C)C)NC1CCCNC1. The Morgan fingerprint density at radius 1 is 1.50 bits per heavy atom. The van der Waals surface area contributed by atoms with Gasteiger partial charge in [0.25, 0.3) is 0 Å². The van der Waals surface area contributed by atoms with Crippen molar-refractivity contribution in [1.82, 2.24) is 15.5 Å². The summed E-state index contributed by atoms with van der Waals surface area (Å²) in [6, 6.07) is 1.34. The van der Waals surface area contributed by atoms with E-state index in [1.54, 1.807) is 0 Å². The molecule has 2 N–H and O–H groups in total. The van der Waals surface area contributed by atoms with Crippen LogP contribution in [0, 0.1) is 0 Å². The lowest BCUT2D eigenvalue weighted by Crippen LogP contribution is -2.49. The quantitative estimate of drug-likeness (QED) is 0.681. The zero-order valence-corrected chi connectivity index (χ0v) is 9.84. The van der Waals surface area contributed by atoms with Gasteiger partial charge >= 0.3 is 0 Å². The minimum atomic E-state index is 0.648. The lowest BCUT2D eigenvalue weighted by Gasteiger charge is -2.30. The third-order valence-electron chi connectivity index (χ3n) is 2.85. The first-order chi connectivity index (χ1) is 6.72. The number of piperidine rings is 1. The number of likely N-dealkylation sites (N-methyl/N-ethyl adjacent to an activating group) is 1. The molecule has 3 nitrogen and oxygen atoms in total. The molecule has 1 fully saturated rings. The van der Waals surface area contributed by atoms with Crippen LogP contribution in [0.4, 0.5) is 0 Å². The lowest BCUT2D eigenvalue weighted by molar-refractivity contribution is 0.286. The monoisotopic (exact) mass is 199 g/mol. The minimum Gasteiger partial charge on any atom is -0.315 e. The number of hydrogen-bond donors (Lipinski definition) is 2. The molecule has 0 aromatic rings. The zero-order valence-electron chi connectivity index (χ0n) is 9.84. The highest BCUT2D eigenvalue weighted by atomic mass is 15.1. The van der Waals surface area contributed by atoms with Crippen LogP contribution < -0.4 is 10.6 Å². The van der Waals surface area contributed by atoms with E-state index in [0.29, 0.717) is 12.1 Å². The maximum atomic E-state index is 3.73. The van der Waals surface area contributed by atoms with E-state index in [1.165, 1.54) is 25.8 Å². The average Bonchev–Trinajstić information content (AvgIpc) is 2.17. The molecule has 1 aliphatic rings. The predicted octanol–water partition coefficient (Wildman–Crippen LogP) is 0.668. The molecule has 0 amide bonds. The van der Waals surface area contributed by atoms with Gasteiger partial charge in [-0.15, -0.1) is 0 Å². The molecule has 0 aromatic carbocycles. The Morgan fingerprint density at radius 2 is 2.29 bits per heavy atom. The Balaban J connectivity index is 2.23. The molecule has 1 saturated heterocycles. The summed E-state index contributed by atoms with van der Waals surface area (Å²) in [5, 5.41) is 7.17. The van der Waals surface area contributed by atoms with E-state index < -0.39 is 0 Å².